The summed E-state index contributed by atoms with van der Waals surface area (Å²) in [6, 6.07) is 7.14. The van der Waals surface area contributed by atoms with E-state index in [9.17, 15) is 0 Å². The maximum Gasteiger partial charge on any atom is 0.0580 e. The lowest BCUT2D eigenvalue weighted by molar-refractivity contribution is 1.33. The summed E-state index contributed by atoms with van der Waals surface area (Å²) < 4.78 is 0. The summed E-state index contributed by atoms with van der Waals surface area (Å²) in [5.74, 6) is 0. The number of pyridine rings is 1. The maximum atomic E-state index is 6.08. The molecule has 2 nitrogen and oxygen atoms in total. The largest absolute Gasteiger partial charge is 0.397 e. The molecule has 0 saturated carbocycles. The van der Waals surface area contributed by atoms with E-state index in [0.717, 1.165) is 11.1 Å². The fourth-order valence-corrected chi connectivity index (χ4v) is 1.87. The number of hydrogen-bond acceptors (Lipinski definition) is 2. The van der Waals surface area contributed by atoms with Gasteiger partial charge >= 0.3 is 0 Å². The Morgan fingerprint density at radius 2 is 1.87 bits per heavy atom. The molecule has 0 saturated heterocycles. The van der Waals surface area contributed by atoms with Crippen LogP contribution in [-0.4, -0.2) is 4.98 Å². The Hall–Kier alpha value is -1.25. The molecule has 76 valence electrons. The van der Waals surface area contributed by atoms with Crippen LogP contribution in [0.4, 0.5) is 5.69 Å². The summed E-state index contributed by atoms with van der Waals surface area (Å²) >= 11 is 11.9. The Morgan fingerprint density at radius 3 is 2.53 bits per heavy atom. The molecule has 15 heavy (non-hydrogen) atoms. The highest BCUT2D eigenvalue weighted by Crippen LogP contribution is 2.32. The molecule has 1 heterocycles. The van der Waals surface area contributed by atoms with Crippen LogP contribution in [0.5, 0.6) is 0 Å². The third-order valence-electron chi connectivity index (χ3n) is 2.07. The summed E-state index contributed by atoms with van der Waals surface area (Å²) in [4.78, 5) is 3.92. The van der Waals surface area contributed by atoms with Crippen molar-refractivity contribution in [2.45, 2.75) is 0 Å². The van der Waals surface area contributed by atoms with Gasteiger partial charge in [0.25, 0.3) is 0 Å². The summed E-state index contributed by atoms with van der Waals surface area (Å²) in [5.41, 5.74) is 8.13. The van der Waals surface area contributed by atoms with Crippen molar-refractivity contribution in [1.29, 1.82) is 0 Å². The topological polar surface area (TPSA) is 38.9 Å². The first-order valence-electron chi connectivity index (χ1n) is 4.33. The van der Waals surface area contributed by atoms with Crippen LogP contribution in [0.25, 0.3) is 11.1 Å². The number of anilines is 1. The zero-order valence-electron chi connectivity index (χ0n) is 7.74. The molecule has 2 aromatic rings. The van der Waals surface area contributed by atoms with Crippen LogP contribution < -0.4 is 5.73 Å². The number of rotatable bonds is 1. The predicted octanol–water partition coefficient (Wildman–Crippen LogP) is 3.64. The van der Waals surface area contributed by atoms with Crippen molar-refractivity contribution in [3.05, 3.63) is 46.7 Å². The highest BCUT2D eigenvalue weighted by molar-refractivity contribution is 6.36. The summed E-state index contributed by atoms with van der Waals surface area (Å²) in [6.07, 6.45) is 3.27. The van der Waals surface area contributed by atoms with Gasteiger partial charge in [-0.15, -0.1) is 0 Å². The van der Waals surface area contributed by atoms with Crippen LogP contribution in [0, 0.1) is 0 Å². The highest BCUT2D eigenvalue weighted by atomic mass is 35.5. The Morgan fingerprint density at radius 1 is 1.07 bits per heavy atom. The first-order chi connectivity index (χ1) is 7.18. The first-order valence-corrected chi connectivity index (χ1v) is 5.09. The van der Waals surface area contributed by atoms with Crippen molar-refractivity contribution >= 4 is 28.9 Å². The van der Waals surface area contributed by atoms with E-state index in [-0.39, 0.29) is 0 Å². The van der Waals surface area contributed by atoms with Gasteiger partial charge in [0, 0.05) is 27.4 Å². The van der Waals surface area contributed by atoms with Gasteiger partial charge < -0.3 is 5.73 Å². The second-order valence-corrected chi connectivity index (χ2v) is 3.93. The number of aromatic nitrogens is 1. The molecule has 1 aromatic heterocycles. The van der Waals surface area contributed by atoms with E-state index in [2.05, 4.69) is 4.98 Å². The number of halogens is 2. The van der Waals surface area contributed by atoms with E-state index in [4.69, 9.17) is 28.9 Å². The molecular weight excluding hydrogens is 231 g/mol. The minimum Gasteiger partial charge on any atom is -0.397 e. The molecule has 0 fully saturated rings. The molecular formula is C11H8Cl2N2. The second kappa shape index (κ2) is 4.09. The van der Waals surface area contributed by atoms with Crippen LogP contribution >= 0.6 is 23.2 Å². The Labute approximate surface area is 97.7 Å². The van der Waals surface area contributed by atoms with Crippen molar-refractivity contribution in [1.82, 2.24) is 4.98 Å². The molecule has 0 aliphatic heterocycles. The molecule has 0 aliphatic rings. The molecule has 0 spiro atoms. The van der Waals surface area contributed by atoms with Gasteiger partial charge in [-0.1, -0.05) is 29.3 Å². The lowest BCUT2D eigenvalue weighted by atomic mass is 10.1. The second-order valence-electron chi connectivity index (χ2n) is 3.09. The maximum absolute atomic E-state index is 6.08. The monoisotopic (exact) mass is 238 g/mol. The van der Waals surface area contributed by atoms with Gasteiger partial charge in [0.15, 0.2) is 0 Å². The third-order valence-corrected chi connectivity index (χ3v) is 2.62. The molecule has 4 heteroatoms. The number of nitrogens with zero attached hydrogens (tertiary/aromatic N) is 1. The lowest BCUT2D eigenvalue weighted by Crippen LogP contribution is -1.91. The molecule has 0 atom stereocenters. The van der Waals surface area contributed by atoms with Crippen molar-refractivity contribution < 1.29 is 0 Å². The minimum absolute atomic E-state index is 0.584. The van der Waals surface area contributed by atoms with Gasteiger partial charge in [-0.05, 0) is 18.2 Å². The van der Waals surface area contributed by atoms with Gasteiger partial charge in [-0.3, -0.25) is 4.98 Å². The number of nitrogen functional groups attached to an aromatic ring is 1. The Bertz CT molecular complexity index is 498. The zero-order chi connectivity index (χ0) is 10.8. The highest BCUT2D eigenvalue weighted by Gasteiger charge is 2.06. The van der Waals surface area contributed by atoms with E-state index in [1.807, 2.05) is 12.1 Å². The predicted molar refractivity (Wildman–Crippen MR) is 64.1 cm³/mol. The van der Waals surface area contributed by atoms with Crippen LogP contribution in [-0.2, 0) is 0 Å². The molecule has 2 N–H and O–H groups in total. The van der Waals surface area contributed by atoms with E-state index in [1.165, 1.54) is 0 Å². The van der Waals surface area contributed by atoms with Crippen LogP contribution in [0.3, 0.4) is 0 Å². The third kappa shape index (κ3) is 2.06. The minimum atomic E-state index is 0.584. The van der Waals surface area contributed by atoms with E-state index in [1.54, 1.807) is 24.5 Å². The molecule has 0 bridgehead atoms. The molecule has 0 amide bonds. The van der Waals surface area contributed by atoms with Gasteiger partial charge in [0.1, 0.15) is 0 Å². The SMILES string of the molecule is Nc1cnccc1-c1ccc(Cl)cc1Cl. The smallest absolute Gasteiger partial charge is 0.0580 e. The summed E-state index contributed by atoms with van der Waals surface area (Å²) in [5, 5.41) is 1.19. The average molecular weight is 239 g/mol. The molecule has 2 rings (SSSR count). The van der Waals surface area contributed by atoms with Crippen molar-refractivity contribution in [3.8, 4) is 11.1 Å². The fraction of sp³-hybridized carbons (Fsp3) is 0. The van der Waals surface area contributed by atoms with Gasteiger partial charge in [-0.2, -0.15) is 0 Å². The van der Waals surface area contributed by atoms with Crippen LogP contribution in [0.1, 0.15) is 0 Å². The van der Waals surface area contributed by atoms with Crippen LogP contribution in [0.15, 0.2) is 36.7 Å². The molecule has 1 aromatic carbocycles. The summed E-state index contributed by atoms with van der Waals surface area (Å²) in [7, 11) is 0. The number of nitrogens with two attached hydrogens (primary N) is 1. The average Bonchev–Trinajstić information content (AvgIpc) is 2.20. The van der Waals surface area contributed by atoms with Crippen molar-refractivity contribution in [2.24, 2.45) is 0 Å². The quantitative estimate of drug-likeness (QED) is 0.825. The Balaban J connectivity index is 2.60. The van der Waals surface area contributed by atoms with Crippen molar-refractivity contribution in [3.63, 3.8) is 0 Å². The fourth-order valence-electron chi connectivity index (χ4n) is 1.36. The standard InChI is InChI=1S/C11H8Cl2N2/c12-7-1-2-8(10(13)5-7)9-3-4-15-6-11(9)14/h1-6H,14H2. The lowest BCUT2D eigenvalue weighted by Gasteiger charge is -2.07. The Kier molecular flexibility index (Phi) is 2.80. The van der Waals surface area contributed by atoms with Crippen LogP contribution in [0.2, 0.25) is 10.0 Å². The van der Waals surface area contributed by atoms with Gasteiger partial charge in [-0.25, -0.2) is 0 Å². The van der Waals surface area contributed by atoms with E-state index < -0.39 is 0 Å². The molecule has 0 unspecified atom stereocenters. The zero-order valence-corrected chi connectivity index (χ0v) is 9.26. The number of benzene rings is 1. The molecule has 0 aliphatic carbocycles. The summed E-state index contributed by atoms with van der Waals surface area (Å²) in [6.45, 7) is 0. The van der Waals surface area contributed by atoms with E-state index in [0.29, 0.717) is 15.7 Å². The number of hydrogen-bond donors (Lipinski definition) is 1. The normalized spacial score (nSPS) is 10.3. The van der Waals surface area contributed by atoms with Crippen molar-refractivity contribution in [2.75, 3.05) is 5.73 Å². The molecule has 0 radical (unpaired) electrons. The first kappa shape index (κ1) is 10.3. The van der Waals surface area contributed by atoms with Gasteiger partial charge in [0.05, 0.1) is 11.9 Å². The van der Waals surface area contributed by atoms with E-state index >= 15 is 0 Å². The van der Waals surface area contributed by atoms with Gasteiger partial charge in [0.2, 0.25) is 0 Å².